The third-order valence-electron chi connectivity index (χ3n) is 3.63. The van der Waals surface area contributed by atoms with Crippen molar-refractivity contribution in [3.8, 4) is 6.07 Å². The molecule has 4 nitrogen and oxygen atoms in total. The molecule has 1 unspecified atom stereocenters. The van der Waals surface area contributed by atoms with Crippen LogP contribution in [-0.2, 0) is 16.1 Å². The molecule has 1 fully saturated rings. The molecule has 1 aromatic rings. The normalized spacial score (nSPS) is 19.4. The molecule has 2 rings (SSSR count). The lowest BCUT2D eigenvalue weighted by atomic mass is 9.97. The smallest absolute Gasteiger partial charge is 0.309 e. The summed E-state index contributed by atoms with van der Waals surface area (Å²) in [6, 6.07) is 6.25. The van der Waals surface area contributed by atoms with E-state index in [0.29, 0.717) is 18.7 Å². The molecule has 0 saturated carbocycles. The van der Waals surface area contributed by atoms with Crippen molar-refractivity contribution in [3.63, 3.8) is 0 Å². The van der Waals surface area contributed by atoms with Crippen LogP contribution in [0.25, 0.3) is 0 Å². The first kappa shape index (κ1) is 14.5. The van der Waals surface area contributed by atoms with Crippen molar-refractivity contribution in [1.29, 1.82) is 5.26 Å². The second kappa shape index (κ2) is 6.49. The van der Waals surface area contributed by atoms with E-state index < -0.39 is 5.82 Å². The number of hydrogen-bond donors (Lipinski definition) is 0. The van der Waals surface area contributed by atoms with E-state index in [1.165, 1.54) is 19.2 Å². The summed E-state index contributed by atoms with van der Waals surface area (Å²) in [5.74, 6) is -0.703. The third kappa shape index (κ3) is 3.34. The SMILES string of the molecule is COC(=O)C1CCCN(Cc2ccc(F)cc2C#N)C1. The van der Waals surface area contributed by atoms with Crippen molar-refractivity contribution in [2.45, 2.75) is 19.4 Å². The topological polar surface area (TPSA) is 53.3 Å². The third-order valence-corrected chi connectivity index (χ3v) is 3.63. The van der Waals surface area contributed by atoms with Crippen LogP contribution in [0.4, 0.5) is 4.39 Å². The van der Waals surface area contributed by atoms with Gasteiger partial charge in [-0.1, -0.05) is 6.07 Å². The number of nitrogens with zero attached hydrogens (tertiary/aromatic N) is 2. The Balaban J connectivity index is 2.07. The summed E-state index contributed by atoms with van der Waals surface area (Å²) < 4.78 is 17.9. The minimum Gasteiger partial charge on any atom is -0.469 e. The molecule has 1 atom stereocenters. The summed E-state index contributed by atoms with van der Waals surface area (Å²) in [4.78, 5) is 13.7. The van der Waals surface area contributed by atoms with Gasteiger partial charge in [-0.15, -0.1) is 0 Å². The van der Waals surface area contributed by atoms with Crippen LogP contribution < -0.4 is 0 Å². The van der Waals surface area contributed by atoms with Crippen molar-refractivity contribution in [2.75, 3.05) is 20.2 Å². The minimum absolute atomic E-state index is 0.111. The maximum absolute atomic E-state index is 13.1. The van der Waals surface area contributed by atoms with Gasteiger partial charge in [-0.2, -0.15) is 5.26 Å². The van der Waals surface area contributed by atoms with Crippen LogP contribution in [0.1, 0.15) is 24.0 Å². The quantitative estimate of drug-likeness (QED) is 0.793. The standard InChI is InChI=1S/C15H17FN2O2/c1-20-15(19)12-3-2-6-18(10-12)9-11-4-5-14(16)7-13(11)8-17/h4-5,7,12H,2-3,6,9-10H2,1H3. The highest BCUT2D eigenvalue weighted by atomic mass is 19.1. The Morgan fingerprint density at radius 3 is 3.10 bits per heavy atom. The van der Waals surface area contributed by atoms with Gasteiger partial charge >= 0.3 is 5.97 Å². The molecule has 0 N–H and O–H groups in total. The number of esters is 1. The average molecular weight is 276 g/mol. The Bertz CT molecular complexity index is 539. The van der Waals surface area contributed by atoms with E-state index in [9.17, 15) is 9.18 Å². The fraction of sp³-hybridized carbons (Fsp3) is 0.467. The summed E-state index contributed by atoms with van der Waals surface area (Å²) in [5, 5.41) is 9.04. The monoisotopic (exact) mass is 276 g/mol. The fourth-order valence-corrected chi connectivity index (χ4v) is 2.59. The number of methoxy groups -OCH3 is 1. The van der Waals surface area contributed by atoms with Gasteiger partial charge in [-0.05, 0) is 37.1 Å². The Hall–Kier alpha value is -1.93. The number of hydrogen-bond acceptors (Lipinski definition) is 4. The molecule has 5 heteroatoms. The molecule has 106 valence electrons. The van der Waals surface area contributed by atoms with Crippen LogP contribution in [0.5, 0.6) is 0 Å². The highest BCUT2D eigenvalue weighted by Crippen LogP contribution is 2.21. The molecule has 0 aliphatic carbocycles. The summed E-state index contributed by atoms with van der Waals surface area (Å²) in [7, 11) is 1.40. The molecular weight excluding hydrogens is 259 g/mol. The van der Waals surface area contributed by atoms with E-state index in [1.807, 2.05) is 6.07 Å². The Kier molecular flexibility index (Phi) is 4.70. The lowest BCUT2D eigenvalue weighted by molar-refractivity contribution is -0.147. The van der Waals surface area contributed by atoms with Gasteiger partial charge in [0.1, 0.15) is 5.82 Å². The average Bonchev–Trinajstić information content (AvgIpc) is 2.48. The summed E-state index contributed by atoms with van der Waals surface area (Å²) in [6.07, 6.45) is 1.75. The zero-order chi connectivity index (χ0) is 14.5. The summed E-state index contributed by atoms with van der Waals surface area (Å²) in [5.41, 5.74) is 1.14. The zero-order valence-electron chi connectivity index (χ0n) is 11.4. The first-order chi connectivity index (χ1) is 9.63. The van der Waals surface area contributed by atoms with E-state index in [4.69, 9.17) is 10.00 Å². The number of carbonyl (C=O) groups excluding carboxylic acids is 1. The number of piperidine rings is 1. The first-order valence-corrected chi connectivity index (χ1v) is 6.62. The second-order valence-electron chi connectivity index (χ2n) is 5.01. The van der Waals surface area contributed by atoms with Crippen molar-refractivity contribution in [1.82, 2.24) is 4.90 Å². The molecule has 0 aromatic heterocycles. The van der Waals surface area contributed by atoms with Gasteiger partial charge in [-0.25, -0.2) is 4.39 Å². The van der Waals surface area contributed by atoms with Crippen LogP contribution in [-0.4, -0.2) is 31.1 Å². The molecular formula is C15H17FN2O2. The molecule has 1 aliphatic heterocycles. The number of nitriles is 1. The van der Waals surface area contributed by atoms with Gasteiger partial charge in [0.15, 0.2) is 0 Å². The van der Waals surface area contributed by atoms with Gasteiger partial charge in [0.05, 0.1) is 24.7 Å². The Labute approximate surface area is 117 Å². The van der Waals surface area contributed by atoms with Crippen molar-refractivity contribution < 1.29 is 13.9 Å². The Morgan fingerprint density at radius 1 is 1.60 bits per heavy atom. The van der Waals surface area contributed by atoms with Crippen molar-refractivity contribution >= 4 is 5.97 Å². The molecule has 1 aliphatic rings. The van der Waals surface area contributed by atoms with Gasteiger partial charge in [-0.3, -0.25) is 9.69 Å². The Morgan fingerprint density at radius 2 is 2.40 bits per heavy atom. The predicted molar refractivity (Wildman–Crippen MR) is 71.1 cm³/mol. The molecule has 20 heavy (non-hydrogen) atoms. The molecule has 0 bridgehead atoms. The second-order valence-corrected chi connectivity index (χ2v) is 5.01. The van der Waals surface area contributed by atoms with Crippen molar-refractivity contribution in [3.05, 3.63) is 35.1 Å². The van der Waals surface area contributed by atoms with Gasteiger partial charge in [0.2, 0.25) is 0 Å². The van der Waals surface area contributed by atoms with E-state index >= 15 is 0 Å². The van der Waals surface area contributed by atoms with E-state index in [-0.39, 0.29) is 11.9 Å². The highest BCUT2D eigenvalue weighted by molar-refractivity contribution is 5.72. The molecule has 1 aromatic carbocycles. The van der Waals surface area contributed by atoms with Crippen LogP contribution >= 0.6 is 0 Å². The van der Waals surface area contributed by atoms with E-state index in [1.54, 1.807) is 6.07 Å². The largest absolute Gasteiger partial charge is 0.469 e. The van der Waals surface area contributed by atoms with Crippen LogP contribution in [0.2, 0.25) is 0 Å². The minimum atomic E-state index is -0.406. The summed E-state index contributed by atoms with van der Waals surface area (Å²) in [6.45, 7) is 2.04. The molecule has 1 saturated heterocycles. The number of likely N-dealkylation sites (tertiary alicyclic amines) is 1. The lowest BCUT2D eigenvalue weighted by Gasteiger charge is -2.31. The molecule has 1 heterocycles. The molecule has 0 amide bonds. The lowest BCUT2D eigenvalue weighted by Crippen LogP contribution is -2.38. The first-order valence-electron chi connectivity index (χ1n) is 6.62. The van der Waals surface area contributed by atoms with E-state index in [2.05, 4.69) is 4.90 Å². The zero-order valence-corrected chi connectivity index (χ0v) is 11.4. The van der Waals surface area contributed by atoms with E-state index in [0.717, 1.165) is 24.9 Å². The summed E-state index contributed by atoms with van der Waals surface area (Å²) >= 11 is 0. The molecule has 0 radical (unpaired) electrons. The number of ether oxygens (including phenoxy) is 1. The number of halogens is 1. The maximum atomic E-state index is 13.1. The highest BCUT2D eigenvalue weighted by Gasteiger charge is 2.26. The maximum Gasteiger partial charge on any atom is 0.309 e. The molecule has 0 spiro atoms. The van der Waals surface area contributed by atoms with Crippen molar-refractivity contribution in [2.24, 2.45) is 5.92 Å². The van der Waals surface area contributed by atoms with Gasteiger partial charge < -0.3 is 4.74 Å². The number of rotatable bonds is 3. The van der Waals surface area contributed by atoms with Crippen LogP contribution in [0.3, 0.4) is 0 Å². The van der Waals surface area contributed by atoms with Gasteiger partial charge in [0, 0.05) is 13.1 Å². The van der Waals surface area contributed by atoms with Crippen LogP contribution in [0, 0.1) is 23.1 Å². The van der Waals surface area contributed by atoms with Crippen LogP contribution in [0.15, 0.2) is 18.2 Å². The van der Waals surface area contributed by atoms with Gasteiger partial charge in [0.25, 0.3) is 0 Å². The number of benzene rings is 1. The predicted octanol–water partition coefficient (Wildman–Crippen LogP) is 2.08. The fourth-order valence-electron chi connectivity index (χ4n) is 2.59. The number of carbonyl (C=O) groups is 1.